The highest BCUT2D eigenvalue weighted by atomic mass is 15.4. The summed E-state index contributed by atoms with van der Waals surface area (Å²) in [6.07, 6.45) is 3.81. The molecular weight excluding hydrogens is 126 g/mol. The van der Waals surface area contributed by atoms with Gasteiger partial charge < -0.3 is 5.32 Å². The van der Waals surface area contributed by atoms with Crippen molar-refractivity contribution < 1.29 is 0 Å². The summed E-state index contributed by atoms with van der Waals surface area (Å²) in [5.74, 6) is 5.81. The summed E-state index contributed by atoms with van der Waals surface area (Å²) >= 11 is 0. The minimum Gasteiger partial charge on any atom is -0.312 e. The highest BCUT2D eigenvalue weighted by molar-refractivity contribution is 4.92. The molecule has 2 aliphatic rings. The molecule has 0 spiro atoms. The molecule has 2 aliphatic heterocycles. The van der Waals surface area contributed by atoms with Gasteiger partial charge in [-0.15, -0.1) is 0 Å². The van der Waals surface area contributed by atoms with E-state index in [-0.39, 0.29) is 0 Å². The molecule has 3 heteroatoms. The molecule has 0 aromatic rings. The number of hydrazine groups is 1. The molecule has 0 aromatic heterocycles. The monoisotopic (exact) mass is 141 g/mol. The smallest absolute Gasteiger partial charge is 0.0406 e. The van der Waals surface area contributed by atoms with Gasteiger partial charge in [0.2, 0.25) is 0 Å². The lowest BCUT2D eigenvalue weighted by Gasteiger charge is -2.33. The zero-order chi connectivity index (χ0) is 6.97. The van der Waals surface area contributed by atoms with Crippen LogP contribution >= 0.6 is 0 Å². The van der Waals surface area contributed by atoms with Gasteiger partial charge in [0.15, 0.2) is 0 Å². The van der Waals surface area contributed by atoms with Crippen LogP contribution in [0.3, 0.4) is 0 Å². The maximum atomic E-state index is 5.81. The molecule has 0 aliphatic carbocycles. The molecule has 0 amide bonds. The first-order chi connectivity index (χ1) is 4.88. The van der Waals surface area contributed by atoms with E-state index in [1.54, 1.807) is 0 Å². The third kappa shape index (κ3) is 0.944. The second-order valence-electron chi connectivity index (χ2n) is 3.30. The van der Waals surface area contributed by atoms with E-state index in [1.165, 1.54) is 19.3 Å². The van der Waals surface area contributed by atoms with Crippen molar-refractivity contribution in [1.82, 2.24) is 10.3 Å². The van der Waals surface area contributed by atoms with E-state index >= 15 is 0 Å². The molecule has 2 saturated heterocycles. The first-order valence-corrected chi connectivity index (χ1v) is 4.12. The predicted molar refractivity (Wildman–Crippen MR) is 40.3 cm³/mol. The van der Waals surface area contributed by atoms with Crippen LogP contribution in [0.2, 0.25) is 0 Å². The Bertz CT molecular complexity index is 126. The van der Waals surface area contributed by atoms with Gasteiger partial charge in [0.05, 0.1) is 0 Å². The Morgan fingerprint density at radius 2 is 2.30 bits per heavy atom. The van der Waals surface area contributed by atoms with Crippen molar-refractivity contribution in [2.45, 2.75) is 31.3 Å². The molecule has 2 fully saturated rings. The summed E-state index contributed by atoms with van der Waals surface area (Å²) < 4.78 is 0. The summed E-state index contributed by atoms with van der Waals surface area (Å²) in [6, 6.07) is 1.33. The van der Waals surface area contributed by atoms with Crippen molar-refractivity contribution in [3.05, 3.63) is 0 Å². The molecule has 0 radical (unpaired) electrons. The molecule has 3 N–H and O–H groups in total. The maximum Gasteiger partial charge on any atom is 0.0406 e. The lowest BCUT2D eigenvalue weighted by Crippen LogP contribution is -2.51. The lowest BCUT2D eigenvalue weighted by atomic mass is 9.99. The van der Waals surface area contributed by atoms with Crippen molar-refractivity contribution in [2.24, 2.45) is 5.84 Å². The van der Waals surface area contributed by atoms with Crippen molar-refractivity contribution in [3.63, 3.8) is 0 Å². The fraction of sp³-hybridized carbons (Fsp3) is 1.00. The average molecular weight is 141 g/mol. The van der Waals surface area contributed by atoms with Crippen LogP contribution in [-0.2, 0) is 0 Å². The Morgan fingerprint density at radius 3 is 3.10 bits per heavy atom. The Balaban J connectivity index is 2.03. The molecule has 3 nitrogen and oxygen atoms in total. The van der Waals surface area contributed by atoms with Gasteiger partial charge in [-0.25, -0.2) is 5.01 Å². The Morgan fingerprint density at radius 1 is 1.40 bits per heavy atom. The quantitative estimate of drug-likeness (QED) is 0.454. The number of nitrogens with two attached hydrogens (primary N) is 1. The van der Waals surface area contributed by atoms with E-state index in [2.05, 4.69) is 5.32 Å². The van der Waals surface area contributed by atoms with Gasteiger partial charge in [-0.3, -0.25) is 5.84 Å². The normalized spacial score (nSPS) is 41.7. The second kappa shape index (κ2) is 2.49. The third-order valence-corrected chi connectivity index (χ3v) is 2.67. The van der Waals surface area contributed by atoms with Crippen molar-refractivity contribution in [3.8, 4) is 0 Å². The summed E-state index contributed by atoms with van der Waals surface area (Å²) in [7, 11) is 0. The fourth-order valence-corrected chi connectivity index (χ4v) is 2.10. The van der Waals surface area contributed by atoms with Crippen LogP contribution in [-0.4, -0.2) is 30.2 Å². The fourth-order valence-electron chi connectivity index (χ4n) is 2.10. The first kappa shape index (κ1) is 6.58. The van der Waals surface area contributed by atoms with Gasteiger partial charge in [0.1, 0.15) is 0 Å². The lowest BCUT2D eigenvalue weighted by molar-refractivity contribution is 0.140. The van der Waals surface area contributed by atoms with Gasteiger partial charge in [0, 0.05) is 18.6 Å². The molecule has 0 bridgehead atoms. The molecule has 2 unspecified atom stereocenters. The minimum atomic E-state index is 0.633. The first-order valence-electron chi connectivity index (χ1n) is 4.12. The van der Waals surface area contributed by atoms with Gasteiger partial charge in [-0.1, -0.05) is 0 Å². The average Bonchev–Trinajstić information content (AvgIpc) is 2.36. The number of fused-ring (bicyclic) bond motifs is 1. The molecule has 2 rings (SSSR count). The largest absolute Gasteiger partial charge is 0.312 e. The number of hydrogen-bond donors (Lipinski definition) is 2. The predicted octanol–water partition coefficient (Wildman–Crippen LogP) is -0.314. The van der Waals surface area contributed by atoms with E-state index in [0.29, 0.717) is 12.1 Å². The van der Waals surface area contributed by atoms with Crippen molar-refractivity contribution >= 4 is 0 Å². The summed E-state index contributed by atoms with van der Waals surface area (Å²) in [5, 5.41) is 5.48. The Labute approximate surface area is 61.5 Å². The van der Waals surface area contributed by atoms with E-state index in [4.69, 9.17) is 5.84 Å². The number of piperidine rings is 1. The van der Waals surface area contributed by atoms with Crippen LogP contribution in [0, 0.1) is 0 Å². The maximum absolute atomic E-state index is 5.81. The van der Waals surface area contributed by atoms with E-state index < -0.39 is 0 Å². The zero-order valence-electron chi connectivity index (χ0n) is 6.21. The highest BCUT2D eigenvalue weighted by Crippen LogP contribution is 2.20. The third-order valence-electron chi connectivity index (χ3n) is 2.67. The number of hydrogen-bond acceptors (Lipinski definition) is 3. The summed E-state index contributed by atoms with van der Waals surface area (Å²) in [6.45, 7) is 2.24. The SMILES string of the molecule is NN1CCCC2NCCC21. The van der Waals surface area contributed by atoms with E-state index in [0.717, 1.165) is 13.1 Å². The van der Waals surface area contributed by atoms with Gasteiger partial charge >= 0.3 is 0 Å². The van der Waals surface area contributed by atoms with Crippen LogP contribution < -0.4 is 11.2 Å². The van der Waals surface area contributed by atoms with Gasteiger partial charge in [-0.05, 0) is 25.8 Å². The van der Waals surface area contributed by atoms with Crippen LogP contribution in [0.15, 0.2) is 0 Å². The second-order valence-corrected chi connectivity index (χ2v) is 3.30. The number of nitrogens with one attached hydrogen (secondary N) is 1. The topological polar surface area (TPSA) is 41.3 Å². The molecule has 2 atom stereocenters. The van der Waals surface area contributed by atoms with E-state index in [1.807, 2.05) is 5.01 Å². The van der Waals surface area contributed by atoms with Crippen LogP contribution in [0.25, 0.3) is 0 Å². The van der Waals surface area contributed by atoms with Gasteiger partial charge in [-0.2, -0.15) is 0 Å². The van der Waals surface area contributed by atoms with Crippen LogP contribution in [0.1, 0.15) is 19.3 Å². The zero-order valence-corrected chi connectivity index (χ0v) is 6.21. The minimum absolute atomic E-state index is 0.633. The van der Waals surface area contributed by atoms with Crippen LogP contribution in [0.5, 0.6) is 0 Å². The standard InChI is InChI=1S/C7H15N3/c8-10-5-1-2-6-7(10)3-4-9-6/h6-7,9H,1-5,8H2. The molecule has 10 heavy (non-hydrogen) atoms. The molecular formula is C7H15N3. The molecule has 58 valence electrons. The van der Waals surface area contributed by atoms with Gasteiger partial charge in [0.25, 0.3) is 0 Å². The van der Waals surface area contributed by atoms with Crippen molar-refractivity contribution in [1.29, 1.82) is 0 Å². The number of nitrogens with zero attached hydrogens (tertiary/aromatic N) is 1. The number of rotatable bonds is 0. The summed E-state index contributed by atoms with van der Waals surface area (Å²) in [4.78, 5) is 0. The van der Waals surface area contributed by atoms with Crippen molar-refractivity contribution in [2.75, 3.05) is 13.1 Å². The molecule has 2 heterocycles. The Hall–Kier alpha value is -0.120. The van der Waals surface area contributed by atoms with Crippen LogP contribution in [0.4, 0.5) is 0 Å². The summed E-state index contributed by atoms with van der Waals surface area (Å²) in [5.41, 5.74) is 0. The molecule has 0 saturated carbocycles. The highest BCUT2D eigenvalue weighted by Gasteiger charge is 2.32. The Kier molecular flexibility index (Phi) is 1.64. The van der Waals surface area contributed by atoms with E-state index in [9.17, 15) is 0 Å². The molecule has 0 aromatic carbocycles.